The smallest absolute Gasteiger partial charge is 0.224 e. The SMILES string of the molecule is CCc1csc(CCNC(=O)[C@H]2CCC(=O)N(Cc3ccccc3F)C2)n1. The van der Waals surface area contributed by atoms with Gasteiger partial charge >= 0.3 is 0 Å². The number of carbonyl (C=O) groups is 2. The molecule has 0 spiro atoms. The van der Waals surface area contributed by atoms with E-state index >= 15 is 0 Å². The summed E-state index contributed by atoms with van der Waals surface area (Å²) in [5.41, 5.74) is 1.55. The van der Waals surface area contributed by atoms with Crippen molar-refractivity contribution in [1.29, 1.82) is 0 Å². The third-order valence-electron chi connectivity index (χ3n) is 4.79. The van der Waals surface area contributed by atoms with Crippen molar-refractivity contribution in [2.24, 2.45) is 5.92 Å². The molecule has 0 bridgehead atoms. The molecule has 5 nitrogen and oxygen atoms in total. The van der Waals surface area contributed by atoms with E-state index in [0.717, 1.165) is 17.1 Å². The van der Waals surface area contributed by atoms with Gasteiger partial charge < -0.3 is 10.2 Å². The van der Waals surface area contributed by atoms with Crippen LogP contribution in [0.1, 0.15) is 36.0 Å². The highest BCUT2D eigenvalue weighted by atomic mass is 32.1. The van der Waals surface area contributed by atoms with Crippen LogP contribution in [0.5, 0.6) is 0 Å². The Labute approximate surface area is 162 Å². The Hall–Kier alpha value is -2.28. The molecule has 1 N–H and O–H groups in total. The number of aromatic nitrogens is 1. The lowest BCUT2D eigenvalue weighted by Gasteiger charge is -2.32. The third kappa shape index (κ3) is 5.13. The highest BCUT2D eigenvalue weighted by Crippen LogP contribution is 2.21. The zero-order valence-corrected chi connectivity index (χ0v) is 16.2. The Kier molecular flexibility index (Phi) is 6.55. The normalized spacial score (nSPS) is 17.2. The summed E-state index contributed by atoms with van der Waals surface area (Å²) < 4.78 is 13.9. The van der Waals surface area contributed by atoms with E-state index in [9.17, 15) is 14.0 Å². The van der Waals surface area contributed by atoms with Crippen molar-refractivity contribution in [3.05, 3.63) is 51.7 Å². The Morgan fingerprint density at radius 3 is 2.96 bits per heavy atom. The molecule has 27 heavy (non-hydrogen) atoms. The maximum absolute atomic E-state index is 13.9. The van der Waals surface area contributed by atoms with Crippen molar-refractivity contribution in [2.75, 3.05) is 13.1 Å². The summed E-state index contributed by atoms with van der Waals surface area (Å²) in [6.07, 6.45) is 2.48. The molecule has 1 atom stereocenters. The van der Waals surface area contributed by atoms with E-state index in [1.54, 1.807) is 34.4 Å². The number of nitrogens with one attached hydrogen (secondary N) is 1. The highest BCUT2D eigenvalue weighted by Gasteiger charge is 2.30. The van der Waals surface area contributed by atoms with E-state index in [2.05, 4.69) is 17.2 Å². The van der Waals surface area contributed by atoms with Crippen molar-refractivity contribution < 1.29 is 14.0 Å². The minimum atomic E-state index is -0.327. The summed E-state index contributed by atoms with van der Waals surface area (Å²) in [5.74, 6) is -0.658. The average molecular weight is 389 g/mol. The Balaban J connectivity index is 1.51. The van der Waals surface area contributed by atoms with Crippen LogP contribution in [0.25, 0.3) is 0 Å². The van der Waals surface area contributed by atoms with E-state index in [1.807, 2.05) is 5.38 Å². The first-order chi connectivity index (χ1) is 13.1. The minimum absolute atomic E-state index is 0.0304. The van der Waals surface area contributed by atoms with Crippen LogP contribution in [0.2, 0.25) is 0 Å². The molecule has 3 rings (SSSR count). The molecule has 1 saturated heterocycles. The van der Waals surface area contributed by atoms with Crippen molar-refractivity contribution in [1.82, 2.24) is 15.2 Å². The summed E-state index contributed by atoms with van der Waals surface area (Å²) in [4.78, 5) is 30.7. The van der Waals surface area contributed by atoms with E-state index in [4.69, 9.17) is 0 Å². The number of nitrogens with zero attached hydrogens (tertiary/aromatic N) is 2. The van der Waals surface area contributed by atoms with Crippen LogP contribution in [0, 0.1) is 11.7 Å². The molecule has 1 aromatic heterocycles. The molecule has 7 heteroatoms. The number of carbonyl (C=O) groups excluding carboxylic acids is 2. The van der Waals surface area contributed by atoms with Gasteiger partial charge in [-0.15, -0.1) is 11.3 Å². The average Bonchev–Trinajstić information content (AvgIpc) is 3.13. The molecule has 2 amide bonds. The summed E-state index contributed by atoms with van der Waals surface area (Å²) in [5, 5.41) is 6.02. The number of halogens is 1. The molecule has 1 aliphatic heterocycles. The number of hydrogen-bond acceptors (Lipinski definition) is 4. The lowest BCUT2D eigenvalue weighted by Crippen LogP contribution is -2.45. The predicted octanol–water partition coefficient (Wildman–Crippen LogP) is 2.94. The fourth-order valence-corrected chi connectivity index (χ4v) is 4.06. The lowest BCUT2D eigenvalue weighted by molar-refractivity contribution is -0.138. The fraction of sp³-hybridized carbons (Fsp3) is 0.450. The van der Waals surface area contributed by atoms with Gasteiger partial charge in [0.15, 0.2) is 0 Å². The topological polar surface area (TPSA) is 62.3 Å². The van der Waals surface area contributed by atoms with Crippen LogP contribution >= 0.6 is 11.3 Å². The molecule has 1 aromatic carbocycles. The second kappa shape index (κ2) is 9.08. The van der Waals surface area contributed by atoms with Crippen molar-refractivity contribution in [3.8, 4) is 0 Å². The van der Waals surface area contributed by atoms with Crippen LogP contribution in [0.3, 0.4) is 0 Å². The Morgan fingerprint density at radius 2 is 2.22 bits per heavy atom. The van der Waals surface area contributed by atoms with Gasteiger partial charge in [-0.1, -0.05) is 25.1 Å². The van der Waals surface area contributed by atoms with Gasteiger partial charge in [0.25, 0.3) is 0 Å². The molecule has 1 aliphatic rings. The van der Waals surface area contributed by atoms with Crippen LogP contribution < -0.4 is 5.32 Å². The molecule has 1 fully saturated rings. The standard InChI is InChI=1S/C20H24FN3O2S/c1-2-16-13-27-18(23-16)9-10-22-20(26)15-7-8-19(25)24(12-15)11-14-5-3-4-6-17(14)21/h3-6,13,15H,2,7-12H2,1H3,(H,22,26)/t15-/m0/s1. The van der Waals surface area contributed by atoms with E-state index in [1.165, 1.54) is 6.07 Å². The maximum atomic E-state index is 13.9. The number of piperidine rings is 1. The van der Waals surface area contributed by atoms with Gasteiger partial charge in [-0.25, -0.2) is 9.37 Å². The molecular weight excluding hydrogens is 365 g/mol. The first kappa shape index (κ1) is 19.5. The Morgan fingerprint density at radius 1 is 1.41 bits per heavy atom. The number of amides is 2. The molecular formula is C20H24FN3O2S. The molecule has 2 aromatic rings. The zero-order chi connectivity index (χ0) is 19.2. The van der Waals surface area contributed by atoms with E-state index in [-0.39, 0.29) is 30.1 Å². The molecule has 144 valence electrons. The van der Waals surface area contributed by atoms with Crippen LogP contribution in [-0.2, 0) is 29.0 Å². The van der Waals surface area contributed by atoms with Gasteiger partial charge in [0.2, 0.25) is 11.8 Å². The number of hydrogen-bond donors (Lipinski definition) is 1. The first-order valence-electron chi connectivity index (χ1n) is 9.29. The lowest BCUT2D eigenvalue weighted by atomic mass is 9.96. The van der Waals surface area contributed by atoms with Crippen molar-refractivity contribution >= 4 is 23.2 Å². The largest absolute Gasteiger partial charge is 0.355 e. The Bertz CT molecular complexity index is 808. The van der Waals surface area contributed by atoms with Crippen LogP contribution in [-0.4, -0.2) is 34.8 Å². The third-order valence-corrected chi connectivity index (χ3v) is 5.75. The predicted molar refractivity (Wildman–Crippen MR) is 103 cm³/mol. The monoisotopic (exact) mass is 389 g/mol. The van der Waals surface area contributed by atoms with Crippen LogP contribution in [0.15, 0.2) is 29.6 Å². The second-order valence-electron chi connectivity index (χ2n) is 6.73. The molecule has 0 unspecified atom stereocenters. The van der Waals surface area contributed by atoms with Gasteiger partial charge in [0.05, 0.1) is 16.6 Å². The van der Waals surface area contributed by atoms with Gasteiger partial charge in [-0.2, -0.15) is 0 Å². The van der Waals surface area contributed by atoms with Crippen molar-refractivity contribution in [3.63, 3.8) is 0 Å². The molecule has 0 radical (unpaired) electrons. The second-order valence-corrected chi connectivity index (χ2v) is 7.67. The van der Waals surface area contributed by atoms with Gasteiger partial charge in [0, 0.05) is 43.4 Å². The van der Waals surface area contributed by atoms with Crippen LogP contribution in [0.4, 0.5) is 4.39 Å². The molecule has 0 aliphatic carbocycles. The summed E-state index contributed by atoms with van der Waals surface area (Å²) in [6, 6.07) is 6.43. The summed E-state index contributed by atoms with van der Waals surface area (Å²) >= 11 is 1.61. The number of aryl methyl sites for hydroxylation is 1. The zero-order valence-electron chi connectivity index (χ0n) is 15.4. The van der Waals surface area contributed by atoms with Crippen molar-refractivity contribution in [2.45, 2.75) is 39.2 Å². The fourth-order valence-electron chi connectivity index (χ4n) is 3.18. The molecule has 0 saturated carbocycles. The van der Waals surface area contributed by atoms with Gasteiger partial charge in [0.1, 0.15) is 5.82 Å². The summed E-state index contributed by atoms with van der Waals surface area (Å²) in [7, 11) is 0. The number of thiazole rings is 1. The highest BCUT2D eigenvalue weighted by molar-refractivity contribution is 7.09. The maximum Gasteiger partial charge on any atom is 0.224 e. The number of rotatable bonds is 7. The molecule has 2 heterocycles. The summed E-state index contributed by atoms with van der Waals surface area (Å²) in [6.45, 7) is 3.13. The number of likely N-dealkylation sites (tertiary alicyclic amines) is 1. The van der Waals surface area contributed by atoms with E-state index in [0.29, 0.717) is 37.9 Å². The first-order valence-corrected chi connectivity index (χ1v) is 10.2. The van der Waals surface area contributed by atoms with E-state index < -0.39 is 0 Å². The quantitative estimate of drug-likeness (QED) is 0.792. The minimum Gasteiger partial charge on any atom is -0.355 e. The van der Waals surface area contributed by atoms with Gasteiger partial charge in [-0.3, -0.25) is 9.59 Å². The van der Waals surface area contributed by atoms with Gasteiger partial charge in [-0.05, 0) is 18.9 Å². The number of benzene rings is 1.